The molecule has 2 fully saturated rings. The van der Waals surface area contributed by atoms with E-state index >= 15 is 0 Å². The summed E-state index contributed by atoms with van der Waals surface area (Å²) in [6, 6.07) is 19.6. The summed E-state index contributed by atoms with van der Waals surface area (Å²) in [7, 11) is 1.63. The van der Waals surface area contributed by atoms with Gasteiger partial charge in [0.25, 0.3) is 0 Å². The molecule has 0 aliphatic carbocycles. The van der Waals surface area contributed by atoms with Crippen LogP contribution in [0.15, 0.2) is 90.5 Å². The molecule has 46 heavy (non-hydrogen) atoms. The zero-order chi connectivity index (χ0) is 31.7. The van der Waals surface area contributed by atoms with Crippen LogP contribution in [-0.4, -0.2) is 68.5 Å². The van der Waals surface area contributed by atoms with Crippen molar-refractivity contribution in [3.05, 3.63) is 113 Å². The zero-order valence-corrected chi connectivity index (χ0v) is 25.4. The van der Waals surface area contributed by atoms with E-state index in [1.54, 1.807) is 18.1 Å². The highest BCUT2D eigenvalue weighted by Crippen LogP contribution is 2.42. The highest BCUT2D eigenvalue weighted by molar-refractivity contribution is 5.54. The molecule has 2 aliphatic heterocycles. The third-order valence-electron chi connectivity index (χ3n) is 8.80. The molecule has 238 valence electrons. The lowest BCUT2D eigenvalue weighted by atomic mass is 9.87. The Hall–Kier alpha value is -5.04. The lowest BCUT2D eigenvalue weighted by Crippen LogP contribution is -2.46. The van der Waals surface area contributed by atoms with Gasteiger partial charge in [0.15, 0.2) is 0 Å². The Morgan fingerprint density at radius 3 is 2.17 bits per heavy atom. The Balaban J connectivity index is 0.934. The average Bonchev–Trinajstić information content (AvgIpc) is 3.82. The molecule has 7 rings (SSSR count). The standard InChI is InChI=1S/C33H34F2N8O3/c1-39-32(44)43(23-38-39)28-5-3-26(4-6-28)40-12-14-41(15-13-40)27-7-9-29(10-8-27)45-18-24-17-33(46-19-24,20-42-22-36-21-37-42)30-11-2-25(34)16-31(30)35/h2-11,16,21-24H,12-15,17-20H2,1H3/t24?,33-/m0/s1. The van der Waals surface area contributed by atoms with E-state index in [-0.39, 0.29) is 18.2 Å². The summed E-state index contributed by atoms with van der Waals surface area (Å²) in [5.74, 6) is -0.529. The number of halogens is 2. The maximum absolute atomic E-state index is 14.9. The first-order chi connectivity index (χ1) is 22.4. The van der Waals surface area contributed by atoms with Gasteiger partial charge in [-0.1, -0.05) is 6.07 Å². The first kappa shape index (κ1) is 29.7. The number of hydrogen-bond acceptors (Lipinski definition) is 8. The summed E-state index contributed by atoms with van der Waals surface area (Å²) < 4.78 is 45.4. The van der Waals surface area contributed by atoms with Crippen LogP contribution in [0.1, 0.15) is 12.0 Å². The van der Waals surface area contributed by atoms with Crippen molar-refractivity contribution < 1.29 is 18.3 Å². The average molecular weight is 629 g/mol. The molecule has 3 aromatic carbocycles. The molecule has 0 amide bonds. The van der Waals surface area contributed by atoms with Crippen molar-refractivity contribution in [3.8, 4) is 11.4 Å². The van der Waals surface area contributed by atoms with Crippen LogP contribution in [0.5, 0.6) is 5.75 Å². The first-order valence-corrected chi connectivity index (χ1v) is 15.2. The van der Waals surface area contributed by atoms with Gasteiger partial charge >= 0.3 is 5.69 Å². The van der Waals surface area contributed by atoms with Gasteiger partial charge in [-0.2, -0.15) is 10.2 Å². The lowest BCUT2D eigenvalue weighted by molar-refractivity contribution is -0.0206. The molecule has 1 unspecified atom stereocenters. The smallest absolute Gasteiger partial charge is 0.350 e. The molecule has 2 saturated heterocycles. The first-order valence-electron chi connectivity index (χ1n) is 15.2. The van der Waals surface area contributed by atoms with Crippen LogP contribution in [0, 0.1) is 17.6 Å². The van der Waals surface area contributed by atoms with Crippen LogP contribution >= 0.6 is 0 Å². The van der Waals surface area contributed by atoms with Crippen LogP contribution in [0.4, 0.5) is 20.2 Å². The van der Waals surface area contributed by atoms with Crippen molar-refractivity contribution in [3.63, 3.8) is 0 Å². The predicted molar refractivity (Wildman–Crippen MR) is 167 cm³/mol. The summed E-state index contributed by atoms with van der Waals surface area (Å²) in [5, 5.41) is 8.20. The molecule has 2 aromatic heterocycles. The molecule has 2 aliphatic rings. The third-order valence-corrected chi connectivity index (χ3v) is 8.80. The molecule has 4 heterocycles. The van der Waals surface area contributed by atoms with E-state index in [2.05, 4.69) is 37.1 Å². The van der Waals surface area contributed by atoms with E-state index in [9.17, 15) is 13.6 Å². The summed E-state index contributed by atoms with van der Waals surface area (Å²) in [6.45, 7) is 4.52. The molecule has 11 nitrogen and oxygen atoms in total. The number of ether oxygens (including phenoxy) is 2. The van der Waals surface area contributed by atoms with Crippen molar-refractivity contribution in [1.29, 1.82) is 0 Å². The minimum Gasteiger partial charge on any atom is -0.493 e. The van der Waals surface area contributed by atoms with Crippen molar-refractivity contribution >= 4 is 11.4 Å². The molecule has 2 atom stereocenters. The van der Waals surface area contributed by atoms with E-state index in [1.165, 1.54) is 34.0 Å². The molecule has 13 heteroatoms. The van der Waals surface area contributed by atoms with Gasteiger partial charge < -0.3 is 19.3 Å². The summed E-state index contributed by atoms with van der Waals surface area (Å²) in [5.41, 5.74) is 2.15. The normalized spacial score (nSPS) is 19.9. The van der Waals surface area contributed by atoms with Gasteiger partial charge in [-0.05, 0) is 61.0 Å². The van der Waals surface area contributed by atoms with Crippen molar-refractivity contribution in [2.75, 3.05) is 49.2 Å². The highest BCUT2D eigenvalue weighted by atomic mass is 19.1. The van der Waals surface area contributed by atoms with E-state index in [4.69, 9.17) is 9.47 Å². The maximum Gasteiger partial charge on any atom is 0.350 e. The number of piperazine rings is 1. The van der Waals surface area contributed by atoms with Crippen LogP contribution in [-0.2, 0) is 23.9 Å². The zero-order valence-electron chi connectivity index (χ0n) is 25.4. The largest absolute Gasteiger partial charge is 0.493 e. The fraction of sp³-hybridized carbons (Fsp3) is 0.333. The number of hydrogen-bond donors (Lipinski definition) is 0. The van der Waals surface area contributed by atoms with Gasteiger partial charge in [-0.25, -0.2) is 32.5 Å². The van der Waals surface area contributed by atoms with Crippen LogP contribution in [0.2, 0.25) is 0 Å². The monoisotopic (exact) mass is 628 g/mol. The number of benzene rings is 3. The molecule has 0 N–H and O–H groups in total. The molecule has 0 radical (unpaired) electrons. The number of aryl methyl sites for hydroxylation is 1. The minimum absolute atomic E-state index is 0.0000967. The number of nitrogens with zero attached hydrogens (tertiary/aromatic N) is 8. The summed E-state index contributed by atoms with van der Waals surface area (Å²) in [4.78, 5) is 20.9. The number of anilines is 2. The number of aromatic nitrogens is 6. The Morgan fingerprint density at radius 2 is 1.57 bits per heavy atom. The number of rotatable bonds is 9. The molecular formula is C33H34F2N8O3. The minimum atomic E-state index is -1.01. The SMILES string of the molecule is Cn1ncn(-c2ccc(N3CCN(c4ccc(OCC5CO[C@@](Cn6cncn6)(c6ccc(F)cc6F)C5)cc4)CC3)cc2)c1=O. The molecule has 0 bridgehead atoms. The van der Waals surface area contributed by atoms with Crippen LogP contribution < -0.4 is 20.2 Å². The van der Waals surface area contributed by atoms with Crippen molar-refractivity contribution in [1.82, 2.24) is 29.1 Å². The summed E-state index contributed by atoms with van der Waals surface area (Å²) in [6.07, 6.45) is 4.99. The van der Waals surface area contributed by atoms with Crippen molar-refractivity contribution in [2.24, 2.45) is 13.0 Å². The highest BCUT2D eigenvalue weighted by Gasteiger charge is 2.44. The van der Waals surface area contributed by atoms with Gasteiger partial charge in [-0.15, -0.1) is 0 Å². The van der Waals surface area contributed by atoms with Crippen LogP contribution in [0.3, 0.4) is 0 Å². The van der Waals surface area contributed by atoms with Gasteiger partial charge in [-0.3, -0.25) is 0 Å². The predicted octanol–water partition coefficient (Wildman–Crippen LogP) is 3.78. The Bertz CT molecular complexity index is 1830. The third kappa shape index (κ3) is 5.97. The Kier molecular flexibility index (Phi) is 7.99. The van der Waals surface area contributed by atoms with Gasteiger partial charge in [0, 0.05) is 62.1 Å². The van der Waals surface area contributed by atoms with E-state index in [0.29, 0.717) is 25.2 Å². The van der Waals surface area contributed by atoms with E-state index in [0.717, 1.165) is 55.1 Å². The van der Waals surface area contributed by atoms with Gasteiger partial charge in [0.1, 0.15) is 42.0 Å². The Labute approximate surface area is 264 Å². The fourth-order valence-electron chi connectivity index (χ4n) is 6.36. The second kappa shape index (κ2) is 12.4. The van der Waals surface area contributed by atoms with Crippen molar-refractivity contribution in [2.45, 2.75) is 18.6 Å². The second-order valence-electron chi connectivity index (χ2n) is 11.8. The van der Waals surface area contributed by atoms with E-state index < -0.39 is 17.2 Å². The molecule has 0 spiro atoms. The molecular weight excluding hydrogens is 594 g/mol. The lowest BCUT2D eigenvalue weighted by Gasteiger charge is -2.37. The van der Waals surface area contributed by atoms with Crippen LogP contribution in [0.25, 0.3) is 5.69 Å². The van der Waals surface area contributed by atoms with E-state index in [1.807, 2.05) is 36.4 Å². The van der Waals surface area contributed by atoms with Gasteiger partial charge in [0.2, 0.25) is 0 Å². The second-order valence-corrected chi connectivity index (χ2v) is 11.8. The van der Waals surface area contributed by atoms with Gasteiger partial charge in [0.05, 0.1) is 25.4 Å². The Morgan fingerprint density at radius 1 is 0.891 bits per heavy atom. The molecule has 5 aromatic rings. The molecule has 0 saturated carbocycles. The fourth-order valence-corrected chi connectivity index (χ4v) is 6.36. The maximum atomic E-state index is 14.9. The summed E-state index contributed by atoms with van der Waals surface area (Å²) >= 11 is 0. The topological polar surface area (TPSA) is 95.5 Å². The quantitative estimate of drug-likeness (QED) is 0.244.